The number of hydrogen-bond acceptors (Lipinski definition) is 3. The second kappa shape index (κ2) is 5.12. The Kier molecular flexibility index (Phi) is 3.85. The quantitative estimate of drug-likeness (QED) is 0.806. The zero-order chi connectivity index (χ0) is 14.2. The summed E-state index contributed by atoms with van der Waals surface area (Å²) in [7, 11) is 0. The lowest BCUT2D eigenvalue weighted by molar-refractivity contribution is -0.140. The Hall–Kier alpha value is -1.10. The van der Waals surface area contributed by atoms with Crippen LogP contribution in [0.25, 0.3) is 0 Å². The molecule has 1 aliphatic heterocycles. The highest BCUT2D eigenvalue weighted by molar-refractivity contribution is 5.91. The van der Waals surface area contributed by atoms with Crippen LogP contribution in [0.4, 0.5) is 0 Å². The molecule has 0 aromatic carbocycles. The lowest BCUT2D eigenvalue weighted by Gasteiger charge is -2.27. The average Bonchev–Trinajstić information content (AvgIpc) is 2.90. The minimum Gasteiger partial charge on any atom is -0.481 e. The average molecular weight is 269 g/mol. The molecular formula is C14H23NO4. The Morgan fingerprint density at radius 1 is 1.37 bits per heavy atom. The first kappa shape index (κ1) is 14.3. The van der Waals surface area contributed by atoms with E-state index in [0.29, 0.717) is 12.5 Å². The van der Waals surface area contributed by atoms with Gasteiger partial charge in [0.15, 0.2) is 0 Å². The van der Waals surface area contributed by atoms with E-state index in [4.69, 9.17) is 9.84 Å². The molecule has 2 unspecified atom stereocenters. The number of ether oxygens (including phenoxy) is 1. The van der Waals surface area contributed by atoms with Crippen molar-refractivity contribution in [1.29, 1.82) is 0 Å². The van der Waals surface area contributed by atoms with Gasteiger partial charge in [-0.25, -0.2) is 0 Å². The second-order valence-electron chi connectivity index (χ2n) is 6.43. The van der Waals surface area contributed by atoms with Crippen LogP contribution < -0.4 is 5.32 Å². The number of rotatable bonds is 4. The van der Waals surface area contributed by atoms with Gasteiger partial charge in [-0.15, -0.1) is 0 Å². The van der Waals surface area contributed by atoms with E-state index < -0.39 is 17.3 Å². The van der Waals surface area contributed by atoms with Gasteiger partial charge >= 0.3 is 5.97 Å². The van der Waals surface area contributed by atoms with E-state index in [1.165, 1.54) is 0 Å². The molecule has 1 aliphatic carbocycles. The van der Waals surface area contributed by atoms with Gasteiger partial charge in [-0.2, -0.15) is 0 Å². The summed E-state index contributed by atoms with van der Waals surface area (Å²) in [5.74, 6) is -1.47. The van der Waals surface area contributed by atoms with Crippen LogP contribution in [0, 0.1) is 23.2 Å². The molecule has 1 saturated carbocycles. The van der Waals surface area contributed by atoms with Crippen LogP contribution in [0.1, 0.15) is 33.6 Å². The Balaban J connectivity index is 1.81. The fraction of sp³-hybridized carbons (Fsp3) is 0.857. The summed E-state index contributed by atoms with van der Waals surface area (Å²) in [6.07, 6.45) is 2.16. The molecule has 108 valence electrons. The normalized spacial score (nSPS) is 36.6. The number of nitrogens with one attached hydrogen (secondary N) is 1. The molecule has 0 radical (unpaired) electrons. The number of carbonyl (C=O) groups excluding carboxylic acids is 1. The van der Waals surface area contributed by atoms with Gasteiger partial charge in [-0.05, 0) is 31.1 Å². The predicted molar refractivity (Wildman–Crippen MR) is 69.5 cm³/mol. The van der Waals surface area contributed by atoms with Crippen LogP contribution in [0.15, 0.2) is 0 Å². The van der Waals surface area contributed by atoms with Crippen molar-refractivity contribution in [3.8, 4) is 0 Å². The maximum atomic E-state index is 12.1. The van der Waals surface area contributed by atoms with Gasteiger partial charge in [0, 0.05) is 13.2 Å². The van der Waals surface area contributed by atoms with Crippen molar-refractivity contribution in [2.75, 3.05) is 13.2 Å². The van der Waals surface area contributed by atoms with Gasteiger partial charge in [-0.1, -0.05) is 13.8 Å². The van der Waals surface area contributed by atoms with E-state index in [0.717, 1.165) is 19.4 Å². The molecule has 0 aromatic rings. The molecule has 0 aromatic heterocycles. The molecule has 2 N–H and O–H groups in total. The van der Waals surface area contributed by atoms with Crippen molar-refractivity contribution in [2.45, 2.75) is 39.7 Å². The zero-order valence-electron chi connectivity index (χ0n) is 11.8. The lowest BCUT2D eigenvalue weighted by Crippen LogP contribution is -2.35. The van der Waals surface area contributed by atoms with E-state index in [-0.39, 0.29) is 17.9 Å². The van der Waals surface area contributed by atoms with Crippen molar-refractivity contribution in [3.63, 3.8) is 0 Å². The standard InChI is InChI=1S/C14H23NO4/c1-8-6-9(4-5-19-8)7-15-12(16)10-11(13(17)18)14(10,2)3/h8-11H,4-7H2,1-3H3,(H,15,16)(H,17,18)/t8?,9?,10-,11+/m0/s1. The van der Waals surface area contributed by atoms with E-state index in [1.807, 2.05) is 20.8 Å². The molecule has 0 bridgehead atoms. The molecule has 1 saturated heterocycles. The van der Waals surface area contributed by atoms with Crippen LogP contribution in [0.3, 0.4) is 0 Å². The zero-order valence-corrected chi connectivity index (χ0v) is 11.8. The van der Waals surface area contributed by atoms with E-state index >= 15 is 0 Å². The topological polar surface area (TPSA) is 75.6 Å². The first-order valence-corrected chi connectivity index (χ1v) is 6.96. The highest BCUT2D eigenvalue weighted by Gasteiger charge is 2.65. The second-order valence-corrected chi connectivity index (χ2v) is 6.43. The third-order valence-corrected chi connectivity index (χ3v) is 4.53. The third-order valence-electron chi connectivity index (χ3n) is 4.53. The molecule has 2 fully saturated rings. The molecular weight excluding hydrogens is 246 g/mol. The van der Waals surface area contributed by atoms with E-state index in [9.17, 15) is 9.59 Å². The van der Waals surface area contributed by atoms with Gasteiger partial charge in [0.2, 0.25) is 5.91 Å². The summed E-state index contributed by atoms with van der Waals surface area (Å²) >= 11 is 0. The number of hydrogen-bond donors (Lipinski definition) is 2. The van der Waals surface area contributed by atoms with E-state index in [1.54, 1.807) is 0 Å². The van der Waals surface area contributed by atoms with Gasteiger partial charge in [0.05, 0.1) is 17.9 Å². The largest absolute Gasteiger partial charge is 0.481 e. The van der Waals surface area contributed by atoms with Gasteiger partial charge in [-0.3, -0.25) is 9.59 Å². The molecule has 1 amide bonds. The maximum absolute atomic E-state index is 12.1. The Morgan fingerprint density at radius 3 is 2.58 bits per heavy atom. The number of amides is 1. The number of carbonyl (C=O) groups is 2. The molecule has 2 aliphatic rings. The summed E-state index contributed by atoms with van der Waals surface area (Å²) in [6.45, 7) is 7.09. The highest BCUT2D eigenvalue weighted by atomic mass is 16.5. The molecule has 5 nitrogen and oxygen atoms in total. The first-order valence-electron chi connectivity index (χ1n) is 6.96. The van der Waals surface area contributed by atoms with Crippen LogP contribution in [-0.2, 0) is 14.3 Å². The number of carboxylic acid groups (broad SMARTS) is 1. The minimum atomic E-state index is -0.871. The van der Waals surface area contributed by atoms with Crippen molar-refractivity contribution in [2.24, 2.45) is 23.2 Å². The lowest BCUT2D eigenvalue weighted by atomic mass is 9.96. The molecule has 19 heavy (non-hydrogen) atoms. The Morgan fingerprint density at radius 2 is 2.05 bits per heavy atom. The number of carboxylic acids is 1. The Labute approximate surface area is 113 Å². The van der Waals surface area contributed by atoms with Gasteiger partial charge in [0.1, 0.15) is 0 Å². The van der Waals surface area contributed by atoms with Crippen molar-refractivity contribution in [3.05, 3.63) is 0 Å². The van der Waals surface area contributed by atoms with Crippen LogP contribution >= 0.6 is 0 Å². The fourth-order valence-corrected chi connectivity index (χ4v) is 3.22. The predicted octanol–water partition coefficient (Wildman–Crippen LogP) is 1.27. The Bertz CT molecular complexity index is 380. The van der Waals surface area contributed by atoms with Crippen molar-refractivity contribution >= 4 is 11.9 Å². The number of aliphatic carboxylic acids is 1. The molecule has 2 rings (SSSR count). The first-order chi connectivity index (χ1) is 8.84. The van der Waals surface area contributed by atoms with Gasteiger partial charge < -0.3 is 15.2 Å². The summed E-state index contributed by atoms with van der Waals surface area (Å²) in [5, 5.41) is 12.0. The highest BCUT2D eigenvalue weighted by Crippen LogP contribution is 2.58. The molecule has 5 heteroatoms. The minimum absolute atomic E-state index is 0.114. The van der Waals surface area contributed by atoms with E-state index in [2.05, 4.69) is 5.32 Å². The third kappa shape index (κ3) is 2.91. The monoisotopic (exact) mass is 269 g/mol. The summed E-state index contributed by atoms with van der Waals surface area (Å²) in [4.78, 5) is 23.1. The summed E-state index contributed by atoms with van der Waals surface area (Å²) < 4.78 is 5.47. The summed E-state index contributed by atoms with van der Waals surface area (Å²) in [6, 6.07) is 0. The maximum Gasteiger partial charge on any atom is 0.307 e. The van der Waals surface area contributed by atoms with Gasteiger partial charge in [0.25, 0.3) is 0 Å². The van der Waals surface area contributed by atoms with Crippen LogP contribution in [-0.4, -0.2) is 36.2 Å². The smallest absolute Gasteiger partial charge is 0.307 e. The van der Waals surface area contributed by atoms with Crippen molar-refractivity contribution < 1.29 is 19.4 Å². The molecule has 1 heterocycles. The molecule has 4 atom stereocenters. The molecule has 0 spiro atoms. The van der Waals surface area contributed by atoms with Crippen LogP contribution in [0.2, 0.25) is 0 Å². The summed E-state index contributed by atoms with van der Waals surface area (Å²) in [5.41, 5.74) is -0.418. The SMILES string of the molecule is CC1CC(CNC(=O)[C@@H]2[C@H](C(=O)O)C2(C)C)CCO1. The fourth-order valence-electron chi connectivity index (χ4n) is 3.22. The van der Waals surface area contributed by atoms with Crippen molar-refractivity contribution in [1.82, 2.24) is 5.32 Å². The van der Waals surface area contributed by atoms with Crippen LogP contribution in [0.5, 0.6) is 0 Å².